The number of anilines is 1. The molecule has 0 aliphatic heterocycles. The zero-order chi connectivity index (χ0) is 16.2. The topological polar surface area (TPSA) is 55.1 Å². The Morgan fingerprint density at radius 2 is 2.10 bits per heavy atom. The van der Waals surface area contributed by atoms with Crippen LogP contribution in [0.3, 0.4) is 0 Å². The van der Waals surface area contributed by atoms with E-state index in [2.05, 4.69) is 17.5 Å². The van der Waals surface area contributed by atoms with Crippen molar-refractivity contribution in [2.75, 3.05) is 18.1 Å². The Labute approximate surface area is 129 Å². The van der Waals surface area contributed by atoms with Gasteiger partial charge >= 0.3 is 6.18 Å². The maximum Gasteiger partial charge on any atom is 0.417 e. The molecule has 0 radical (unpaired) electrons. The minimum atomic E-state index is -4.50. The highest BCUT2D eigenvalue weighted by Gasteiger charge is 2.34. The second-order valence-corrected chi connectivity index (χ2v) is 6.89. The van der Waals surface area contributed by atoms with Gasteiger partial charge in [-0.25, -0.2) is 0 Å². The third-order valence-corrected chi connectivity index (χ3v) is 4.63. The lowest BCUT2D eigenvalue weighted by atomic mass is 10.1. The van der Waals surface area contributed by atoms with Gasteiger partial charge in [0.05, 0.1) is 5.56 Å². The Bertz CT molecular complexity index is 547. The van der Waals surface area contributed by atoms with Crippen molar-refractivity contribution in [3.63, 3.8) is 0 Å². The molecule has 0 saturated carbocycles. The van der Waals surface area contributed by atoms with E-state index in [4.69, 9.17) is 5.73 Å². The summed E-state index contributed by atoms with van der Waals surface area (Å²) in [5.41, 5.74) is 4.82. The van der Waals surface area contributed by atoms with Crippen molar-refractivity contribution >= 4 is 33.7 Å². The number of benzene rings is 1. The molecule has 8 heteroatoms. The quantitative estimate of drug-likeness (QED) is 0.783. The molecule has 0 fully saturated rings. The highest BCUT2D eigenvalue weighted by molar-refractivity contribution is 7.84. The van der Waals surface area contributed by atoms with Gasteiger partial charge in [0.15, 0.2) is 0 Å². The summed E-state index contributed by atoms with van der Waals surface area (Å²) in [5, 5.41) is 3.00. The van der Waals surface area contributed by atoms with Crippen LogP contribution < -0.4 is 11.1 Å². The first kappa shape index (κ1) is 17.9. The third kappa shape index (κ3) is 5.28. The fourth-order valence-corrected chi connectivity index (χ4v) is 2.31. The average Bonchev–Trinajstić information content (AvgIpc) is 2.36. The third-order valence-electron chi connectivity index (χ3n) is 3.04. The first-order valence-corrected chi connectivity index (χ1v) is 8.23. The van der Waals surface area contributed by atoms with E-state index in [9.17, 15) is 17.4 Å². The van der Waals surface area contributed by atoms with Crippen LogP contribution in [-0.2, 0) is 17.0 Å². The highest BCUT2D eigenvalue weighted by atomic mass is 32.2. The molecule has 0 aliphatic carbocycles. The van der Waals surface area contributed by atoms with E-state index in [0.29, 0.717) is 18.7 Å². The van der Waals surface area contributed by atoms with Gasteiger partial charge < -0.3 is 11.1 Å². The molecule has 1 aromatic rings. The van der Waals surface area contributed by atoms with Crippen molar-refractivity contribution in [3.8, 4) is 0 Å². The molecule has 2 atom stereocenters. The standard InChI is InChI=1S/C13H17F3N2OS2/c1-8(21(2)19)5-6-18-9-3-4-11(13(14,15)16)10(7-9)12(17)20/h3-4,7-8,18H,5-6H2,1-2H3,(H2,17,20). The molecule has 0 aromatic heterocycles. The zero-order valence-corrected chi connectivity index (χ0v) is 13.3. The van der Waals surface area contributed by atoms with Crippen LogP contribution in [0.4, 0.5) is 18.9 Å². The van der Waals surface area contributed by atoms with Gasteiger partial charge in [-0.05, 0) is 24.6 Å². The monoisotopic (exact) mass is 338 g/mol. The molecule has 0 spiro atoms. The van der Waals surface area contributed by atoms with Crippen LogP contribution in [0.25, 0.3) is 0 Å². The summed E-state index contributed by atoms with van der Waals surface area (Å²) >= 11 is 4.68. The summed E-state index contributed by atoms with van der Waals surface area (Å²) in [6.07, 6.45) is -2.23. The number of hydrogen-bond donors (Lipinski definition) is 2. The van der Waals surface area contributed by atoms with Gasteiger partial charge in [0.25, 0.3) is 0 Å². The highest BCUT2D eigenvalue weighted by Crippen LogP contribution is 2.33. The fraction of sp³-hybridized carbons (Fsp3) is 0.462. The fourth-order valence-electron chi connectivity index (χ4n) is 1.69. The molecule has 1 aromatic carbocycles. The molecule has 3 N–H and O–H groups in total. The second kappa shape index (κ2) is 7.22. The van der Waals surface area contributed by atoms with Gasteiger partial charge in [0.2, 0.25) is 0 Å². The van der Waals surface area contributed by atoms with E-state index in [1.807, 2.05) is 6.92 Å². The maximum atomic E-state index is 12.8. The molecule has 3 nitrogen and oxygen atoms in total. The van der Waals surface area contributed by atoms with E-state index < -0.39 is 22.5 Å². The number of hydrogen-bond acceptors (Lipinski definition) is 3. The van der Waals surface area contributed by atoms with E-state index in [0.717, 1.165) is 6.07 Å². The van der Waals surface area contributed by atoms with Gasteiger partial charge in [0, 0.05) is 40.1 Å². The van der Waals surface area contributed by atoms with E-state index in [1.54, 1.807) is 6.26 Å². The predicted octanol–water partition coefficient (Wildman–Crippen LogP) is 2.91. The molecule has 21 heavy (non-hydrogen) atoms. The van der Waals surface area contributed by atoms with Gasteiger partial charge in [-0.3, -0.25) is 4.21 Å². The van der Waals surface area contributed by atoms with Crippen molar-refractivity contribution in [1.82, 2.24) is 0 Å². The summed E-state index contributed by atoms with van der Waals surface area (Å²) in [6.45, 7) is 2.36. The van der Waals surface area contributed by atoms with Crippen molar-refractivity contribution in [3.05, 3.63) is 29.3 Å². The minimum Gasteiger partial charge on any atom is -0.389 e. The molecule has 0 heterocycles. The number of nitrogens with one attached hydrogen (secondary N) is 1. The summed E-state index contributed by atoms with van der Waals surface area (Å²) < 4.78 is 49.7. The minimum absolute atomic E-state index is 0.0157. The Kier molecular flexibility index (Phi) is 6.15. The SMILES string of the molecule is CC(CCNc1ccc(C(F)(F)F)c(C(N)=S)c1)S(C)=O. The van der Waals surface area contributed by atoms with Crippen LogP contribution in [0.2, 0.25) is 0 Å². The maximum absolute atomic E-state index is 12.8. The van der Waals surface area contributed by atoms with Crippen LogP contribution in [0.1, 0.15) is 24.5 Å². The summed E-state index contributed by atoms with van der Waals surface area (Å²) in [4.78, 5) is -0.297. The smallest absolute Gasteiger partial charge is 0.389 e. The van der Waals surface area contributed by atoms with Gasteiger partial charge in [-0.1, -0.05) is 19.1 Å². The van der Waals surface area contributed by atoms with Crippen molar-refractivity contribution in [2.24, 2.45) is 5.73 Å². The number of rotatable bonds is 6. The second-order valence-electron chi connectivity index (χ2n) is 4.65. The first-order valence-electron chi connectivity index (χ1n) is 6.20. The summed E-state index contributed by atoms with van der Waals surface area (Å²) in [7, 11) is -0.925. The Morgan fingerprint density at radius 1 is 1.48 bits per heavy atom. The van der Waals surface area contributed by atoms with Crippen LogP contribution in [-0.4, -0.2) is 27.2 Å². The van der Waals surface area contributed by atoms with E-state index in [1.165, 1.54) is 12.1 Å². The number of halogens is 3. The Hall–Kier alpha value is -1.15. The van der Waals surface area contributed by atoms with E-state index >= 15 is 0 Å². The van der Waals surface area contributed by atoms with Crippen LogP contribution in [0.15, 0.2) is 18.2 Å². The first-order chi connectivity index (χ1) is 9.62. The molecule has 0 bridgehead atoms. The van der Waals surface area contributed by atoms with Gasteiger partial charge in [-0.15, -0.1) is 0 Å². The lowest BCUT2D eigenvalue weighted by Gasteiger charge is -2.15. The largest absolute Gasteiger partial charge is 0.417 e. The molecule has 118 valence electrons. The Morgan fingerprint density at radius 3 is 2.57 bits per heavy atom. The van der Waals surface area contributed by atoms with Crippen molar-refractivity contribution in [2.45, 2.75) is 24.8 Å². The predicted molar refractivity (Wildman–Crippen MR) is 84.0 cm³/mol. The molecule has 1 rings (SSSR count). The average molecular weight is 338 g/mol. The van der Waals surface area contributed by atoms with Crippen LogP contribution >= 0.6 is 12.2 Å². The number of alkyl halides is 3. The summed E-state index contributed by atoms with van der Waals surface area (Å²) in [6, 6.07) is 3.58. The number of thiocarbonyl (C=S) groups is 1. The van der Waals surface area contributed by atoms with Crippen molar-refractivity contribution < 1.29 is 17.4 Å². The van der Waals surface area contributed by atoms with E-state index in [-0.39, 0.29) is 15.8 Å². The van der Waals surface area contributed by atoms with Gasteiger partial charge in [0.1, 0.15) is 4.99 Å². The zero-order valence-electron chi connectivity index (χ0n) is 11.7. The molecule has 2 unspecified atom stereocenters. The molecule has 0 amide bonds. The van der Waals surface area contributed by atoms with Crippen LogP contribution in [0.5, 0.6) is 0 Å². The lowest BCUT2D eigenvalue weighted by Crippen LogP contribution is -2.19. The molecular formula is C13H17F3N2OS2. The van der Waals surface area contributed by atoms with Crippen molar-refractivity contribution in [1.29, 1.82) is 0 Å². The number of nitrogens with two attached hydrogens (primary N) is 1. The molecular weight excluding hydrogens is 321 g/mol. The molecule has 0 saturated heterocycles. The van der Waals surface area contributed by atoms with Crippen LogP contribution in [0, 0.1) is 0 Å². The molecule has 0 aliphatic rings. The summed E-state index contributed by atoms with van der Waals surface area (Å²) in [5.74, 6) is 0. The van der Waals surface area contributed by atoms with Gasteiger partial charge in [-0.2, -0.15) is 13.2 Å². The Balaban J connectivity index is 2.85. The lowest BCUT2D eigenvalue weighted by molar-refractivity contribution is -0.137. The normalized spacial score (nSPS) is 14.5.